The average Bonchev–Trinajstić information content (AvgIpc) is 2.36. The van der Waals surface area contributed by atoms with Gasteiger partial charge in [-0.3, -0.25) is 0 Å². The summed E-state index contributed by atoms with van der Waals surface area (Å²) < 4.78 is 4.91. The molecule has 1 rings (SSSR count). The second-order valence-corrected chi connectivity index (χ2v) is 5.61. The van der Waals surface area contributed by atoms with Crippen molar-refractivity contribution < 1.29 is 24.5 Å². The molecule has 0 radical (unpaired) electrons. The zero-order valence-electron chi connectivity index (χ0n) is 12.6. The molecule has 0 fully saturated rings. The molecule has 0 aliphatic heterocycles. The Morgan fingerprint density at radius 3 is 2.27 bits per heavy atom. The van der Waals surface area contributed by atoms with Crippen LogP contribution in [-0.4, -0.2) is 38.9 Å². The highest BCUT2D eigenvalue weighted by atomic mass is 16.7. The van der Waals surface area contributed by atoms with Gasteiger partial charge in [-0.15, -0.1) is 0 Å². The summed E-state index contributed by atoms with van der Waals surface area (Å²) in [6.45, 7) is 4.61. The highest BCUT2D eigenvalue weighted by Gasteiger charge is 2.41. The standard InChI is InChI=1S/C14H18N2O6/c1-14(2,3)22-13(19)15(16(20)21)11(12(17)18)9-10-7-5-4-6-8-10/h4-8,11H,9H2,1-3H3,(H,17,18). The Morgan fingerprint density at radius 1 is 1.32 bits per heavy atom. The summed E-state index contributed by atoms with van der Waals surface area (Å²) >= 11 is 0. The Bertz CT molecular complexity index is 552. The Labute approximate surface area is 127 Å². The van der Waals surface area contributed by atoms with Gasteiger partial charge in [-0.2, -0.15) is 0 Å². The molecular weight excluding hydrogens is 292 g/mol. The van der Waals surface area contributed by atoms with Crippen LogP contribution in [0.4, 0.5) is 4.79 Å². The van der Waals surface area contributed by atoms with E-state index in [1.165, 1.54) is 20.8 Å². The predicted molar refractivity (Wildman–Crippen MR) is 76.6 cm³/mol. The van der Waals surface area contributed by atoms with Crippen LogP contribution in [0.3, 0.4) is 0 Å². The van der Waals surface area contributed by atoms with Crippen LogP contribution >= 0.6 is 0 Å². The van der Waals surface area contributed by atoms with Crippen LogP contribution in [0.2, 0.25) is 0 Å². The van der Waals surface area contributed by atoms with Crippen molar-refractivity contribution in [2.45, 2.75) is 38.8 Å². The Balaban J connectivity index is 3.05. The van der Waals surface area contributed by atoms with Gasteiger partial charge in [-0.05, 0) is 31.3 Å². The maximum Gasteiger partial charge on any atom is 0.469 e. The highest BCUT2D eigenvalue weighted by Crippen LogP contribution is 2.15. The van der Waals surface area contributed by atoms with Crippen molar-refractivity contribution in [3.63, 3.8) is 0 Å². The largest absolute Gasteiger partial charge is 0.480 e. The first-order valence-corrected chi connectivity index (χ1v) is 6.55. The van der Waals surface area contributed by atoms with Crippen LogP contribution in [0.15, 0.2) is 30.3 Å². The summed E-state index contributed by atoms with van der Waals surface area (Å²) in [7, 11) is 0. The average molecular weight is 310 g/mol. The van der Waals surface area contributed by atoms with Gasteiger partial charge < -0.3 is 9.84 Å². The minimum absolute atomic E-state index is 0.0145. The smallest absolute Gasteiger partial charge is 0.469 e. The minimum Gasteiger partial charge on any atom is -0.480 e. The lowest BCUT2D eigenvalue weighted by atomic mass is 10.1. The van der Waals surface area contributed by atoms with Crippen LogP contribution in [0, 0.1) is 10.1 Å². The molecule has 0 spiro atoms. The van der Waals surface area contributed by atoms with Crippen molar-refractivity contribution in [1.82, 2.24) is 5.01 Å². The van der Waals surface area contributed by atoms with Crippen LogP contribution in [0.25, 0.3) is 0 Å². The lowest BCUT2D eigenvalue weighted by Crippen LogP contribution is -2.51. The quantitative estimate of drug-likeness (QED) is 0.658. The second-order valence-electron chi connectivity index (χ2n) is 5.61. The van der Waals surface area contributed by atoms with E-state index in [2.05, 4.69) is 0 Å². The fraction of sp³-hybridized carbons (Fsp3) is 0.429. The molecule has 22 heavy (non-hydrogen) atoms. The number of carbonyl (C=O) groups excluding carboxylic acids is 1. The number of hydrazine groups is 1. The fourth-order valence-electron chi connectivity index (χ4n) is 1.73. The first-order valence-electron chi connectivity index (χ1n) is 6.55. The van der Waals surface area contributed by atoms with E-state index < -0.39 is 28.7 Å². The number of amides is 1. The molecule has 0 aliphatic carbocycles. The van der Waals surface area contributed by atoms with Crippen molar-refractivity contribution >= 4 is 12.1 Å². The van der Waals surface area contributed by atoms with E-state index in [9.17, 15) is 24.8 Å². The third-order valence-electron chi connectivity index (χ3n) is 2.61. The van der Waals surface area contributed by atoms with Crippen LogP contribution in [0.1, 0.15) is 26.3 Å². The van der Waals surface area contributed by atoms with E-state index >= 15 is 0 Å². The van der Waals surface area contributed by atoms with Gasteiger partial charge in [0.05, 0.1) is 0 Å². The fourth-order valence-corrected chi connectivity index (χ4v) is 1.73. The van der Waals surface area contributed by atoms with Gasteiger partial charge in [-0.25, -0.2) is 19.7 Å². The third-order valence-corrected chi connectivity index (χ3v) is 2.61. The number of hydrogen-bond acceptors (Lipinski definition) is 5. The number of nitrogens with zero attached hydrogens (tertiary/aromatic N) is 2. The Hall–Kier alpha value is -2.64. The molecule has 0 bridgehead atoms. The van der Waals surface area contributed by atoms with Gasteiger partial charge in [0.25, 0.3) is 0 Å². The Morgan fingerprint density at radius 2 is 1.86 bits per heavy atom. The number of aliphatic carboxylic acids is 1. The summed E-state index contributed by atoms with van der Waals surface area (Å²) in [5.41, 5.74) is -0.411. The van der Waals surface area contributed by atoms with Crippen molar-refractivity contribution in [3.8, 4) is 0 Å². The predicted octanol–water partition coefficient (Wildman–Crippen LogP) is 2.11. The molecular formula is C14H18N2O6. The minimum atomic E-state index is -1.66. The molecule has 1 unspecified atom stereocenters. The molecule has 0 saturated heterocycles. The molecule has 8 nitrogen and oxygen atoms in total. The molecule has 0 aliphatic rings. The zero-order chi connectivity index (χ0) is 16.9. The molecule has 1 amide bonds. The summed E-state index contributed by atoms with van der Waals surface area (Å²) in [5.74, 6) is -1.48. The maximum absolute atomic E-state index is 11.9. The second kappa shape index (κ2) is 6.88. The van der Waals surface area contributed by atoms with E-state index in [-0.39, 0.29) is 11.4 Å². The van der Waals surface area contributed by atoms with E-state index in [1.54, 1.807) is 30.3 Å². The van der Waals surface area contributed by atoms with E-state index in [0.717, 1.165) is 0 Å². The summed E-state index contributed by atoms with van der Waals surface area (Å²) in [5, 5.41) is 19.3. The van der Waals surface area contributed by atoms with E-state index in [4.69, 9.17) is 4.74 Å². The monoisotopic (exact) mass is 310 g/mol. The third kappa shape index (κ3) is 5.04. The molecule has 1 atom stereocenters. The molecule has 1 aromatic rings. The molecule has 0 heterocycles. The van der Waals surface area contributed by atoms with Gasteiger partial charge in [0, 0.05) is 6.42 Å². The van der Waals surface area contributed by atoms with Crippen LogP contribution in [-0.2, 0) is 16.0 Å². The Kier molecular flexibility index (Phi) is 5.44. The number of carbonyl (C=O) groups is 2. The summed E-state index contributed by atoms with van der Waals surface area (Å²) in [6, 6.07) is 6.69. The molecule has 1 N–H and O–H groups in total. The SMILES string of the molecule is CC(C)(C)OC(=O)N(C(Cc1ccccc1)C(=O)O)[N+](=O)[O-]. The number of ether oxygens (including phenoxy) is 1. The molecule has 1 aromatic carbocycles. The van der Waals surface area contributed by atoms with Gasteiger partial charge in [0.15, 0.2) is 5.03 Å². The molecule has 8 heteroatoms. The molecule has 0 aromatic heterocycles. The first kappa shape index (κ1) is 17.4. The summed E-state index contributed by atoms with van der Waals surface area (Å²) in [4.78, 5) is 34.4. The number of rotatable bonds is 5. The van der Waals surface area contributed by atoms with Crippen LogP contribution < -0.4 is 0 Å². The number of nitro groups is 1. The van der Waals surface area contributed by atoms with Crippen molar-refractivity contribution in [2.24, 2.45) is 0 Å². The number of hydrogen-bond donors (Lipinski definition) is 1. The highest BCUT2D eigenvalue weighted by molar-refractivity contribution is 5.79. The number of carboxylic acids is 1. The number of carboxylic acid groups (broad SMARTS) is 1. The topological polar surface area (TPSA) is 110 Å². The number of benzene rings is 1. The maximum atomic E-state index is 11.9. The van der Waals surface area contributed by atoms with Gasteiger partial charge in [0.2, 0.25) is 6.04 Å². The zero-order valence-corrected chi connectivity index (χ0v) is 12.6. The van der Waals surface area contributed by atoms with Crippen molar-refractivity contribution in [2.75, 3.05) is 0 Å². The van der Waals surface area contributed by atoms with E-state index in [1.807, 2.05) is 0 Å². The first-order chi connectivity index (χ1) is 10.1. The lowest BCUT2D eigenvalue weighted by Gasteiger charge is -2.24. The normalized spacial score (nSPS) is 12.3. The summed E-state index contributed by atoms with van der Waals surface area (Å²) in [6.07, 6.45) is -1.50. The van der Waals surface area contributed by atoms with Crippen molar-refractivity contribution in [1.29, 1.82) is 0 Å². The molecule has 120 valence electrons. The van der Waals surface area contributed by atoms with Crippen molar-refractivity contribution in [3.05, 3.63) is 46.0 Å². The molecule has 0 saturated carbocycles. The van der Waals surface area contributed by atoms with Gasteiger partial charge >= 0.3 is 12.1 Å². The van der Waals surface area contributed by atoms with Gasteiger partial charge in [-0.1, -0.05) is 30.3 Å². The van der Waals surface area contributed by atoms with E-state index in [0.29, 0.717) is 5.56 Å². The van der Waals surface area contributed by atoms with Crippen LogP contribution in [0.5, 0.6) is 0 Å². The van der Waals surface area contributed by atoms with Gasteiger partial charge in [0.1, 0.15) is 5.60 Å². The lowest BCUT2D eigenvalue weighted by molar-refractivity contribution is -0.641.